The van der Waals surface area contributed by atoms with Crippen LogP contribution in [0.25, 0.3) is 43.5 Å². The van der Waals surface area contributed by atoms with Gasteiger partial charge in [-0.2, -0.15) is 0 Å². The number of rotatable bonds is 4. The van der Waals surface area contributed by atoms with Crippen molar-refractivity contribution in [2.45, 2.75) is 6.54 Å². The van der Waals surface area contributed by atoms with Crippen molar-refractivity contribution in [1.82, 2.24) is 0 Å². The fourth-order valence-electron chi connectivity index (χ4n) is 5.08. The summed E-state index contributed by atoms with van der Waals surface area (Å²) in [7, 11) is 0. The van der Waals surface area contributed by atoms with Crippen molar-refractivity contribution in [2.75, 3.05) is 0 Å². The summed E-state index contributed by atoms with van der Waals surface area (Å²) in [6.45, 7) is 0.508. The van der Waals surface area contributed by atoms with E-state index in [1.54, 1.807) is 0 Å². The SMILES string of the molecule is NC(=NC(=NCc1ccccc1)c1ccc2cc3oc4ccccc4c3cc2c1)c1ccc2ccccc2c1. The van der Waals surface area contributed by atoms with Gasteiger partial charge in [0.2, 0.25) is 0 Å². The second-order valence-electron chi connectivity index (χ2n) is 9.69. The molecule has 0 unspecified atom stereocenters. The van der Waals surface area contributed by atoms with Crippen molar-refractivity contribution >= 4 is 55.2 Å². The minimum absolute atomic E-state index is 0.434. The number of amidine groups is 2. The molecule has 0 saturated heterocycles. The van der Waals surface area contributed by atoms with Gasteiger partial charge in [0.15, 0.2) is 5.84 Å². The van der Waals surface area contributed by atoms with Crippen LogP contribution in [-0.2, 0) is 6.54 Å². The number of hydrogen-bond donors (Lipinski definition) is 1. The average molecular weight is 504 g/mol. The van der Waals surface area contributed by atoms with Crippen molar-refractivity contribution in [1.29, 1.82) is 0 Å². The number of nitrogens with zero attached hydrogens (tertiary/aromatic N) is 2. The second-order valence-corrected chi connectivity index (χ2v) is 9.69. The first kappa shape index (κ1) is 22.9. The second kappa shape index (κ2) is 9.58. The van der Waals surface area contributed by atoms with Crippen LogP contribution < -0.4 is 5.73 Å². The molecule has 0 radical (unpaired) electrons. The molecule has 0 aliphatic carbocycles. The van der Waals surface area contributed by atoms with Crippen LogP contribution in [0.5, 0.6) is 0 Å². The van der Waals surface area contributed by atoms with Gasteiger partial charge in [0, 0.05) is 21.9 Å². The van der Waals surface area contributed by atoms with Gasteiger partial charge in [-0.15, -0.1) is 0 Å². The summed E-state index contributed by atoms with van der Waals surface area (Å²) in [5.41, 5.74) is 11.3. The van der Waals surface area contributed by atoms with Crippen LogP contribution in [-0.4, -0.2) is 11.7 Å². The van der Waals surface area contributed by atoms with Gasteiger partial charge in [0.05, 0.1) is 6.54 Å². The van der Waals surface area contributed by atoms with Crippen molar-refractivity contribution in [2.24, 2.45) is 15.7 Å². The molecule has 0 bridgehead atoms. The van der Waals surface area contributed by atoms with Crippen LogP contribution in [0.1, 0.15) is 16.7 Å². The molecule has 2 N–H and O–H groups in total. The Labute approximate surface area is 225 Å². The molecule has 39 heavy (non-hydrogen) atoms. The fraction of sp³-hybridized carbons (Fsp3) is 0.0286. The summed E-state index contributed by atoms with van der Waals surface area (Å²) < 4.78 is 6.10. The molecule has 0 atom stereocenters. The lowest BCUT2D eigenvalue weighted by molar-refractivity contribution is 0.669. The summed E-state index contributed by atoms with van der Waals surface area (Å²) >= 11 is 0. The van der Waals surface area contributed by atoms with Crippen LogP contribution in [0.3, 0.4) is 0 Å². The van der Waals surface area contributed by atoms with E-state index in [1.807, 2.05) is 54.6 Å². The highest BCUT2D eigenvalue weighted by Gasteiger charge is 2.11. The Kier molecular flexibility index (Phi) is 5.64. The smallest absolute Gasteiger partial charge is 0.157 e. The maximum absolute atomic E-state index is 6.59. The Morgan fingerprint density at radius 2 is 1.26 bits per heavy atom. The molecule has 0 fully saturated rings. The molecular formula is C35H25N3O. The molecular weight excluding hydrogens is 478 g/mol. The first-order valence-electron chi connectivity index (χ1n) is 13.0. The molecule has 1 aromatic heterocycles. The topological polar surface area (TPSA) is 63.9 Å². The molecule has 6 aromatic carbocycles. The van der Waals surface area contributed by atoms with Crippen molar-refractivity contribution < 1.29 is 4.42 Å². The zero-order valence-corrected chi connectivity index (χ0v) is 21.2. The average Bonchev–Trinajstić information content (AvgIpc) is 3.35. The molecule has 7 rings (SSSR count). The highest BCUT2D eigenvalue weighted by molar-refractivity contribution is 6.14. The Morgan fingerprint density at radius 1 is 0.564 bits per heavy atom. The van der Waals surface area contributed by atoms with Gasteiger partial charge < -0.3 is 10.2 Å². The van der Waals surface area contributed by atoms with Gasteiger partial charge in [0.1, 0.15) is 17.0 Å². The summed E-state index contributed by atoms with van der Waals surface area (Å²) in [6, 6.07) is 43.3. The van der Waals surface area contributed by atoms with Gasteiger partial charge in [-0.1, -0.05) is 97.1 Å². The third-order valence-corrected chi connectivity index (χ3v) is 7.12. The van der Waals surface area contributed by atoms with E-state index >= 15 is 0 Å². The fourth-order valence-corrected chi connectivity index (χ4v) is 5.08. The molecule has 0 saturated carbocycles. The molecule has 4 heteroatoms. The number of nitrogens with two attached hydrogens (primary N) is 1. The third-order valence-electron chi connectivity index (χ3n) is 7.12. The summed E-state index contributed by atoms with van der Waals surface area (Å²) in [5, 5.41) is 6.68. The number of hydrogen-bond acceptors (Lipinski definition) is 2. The van der Waals surface area contributed by atoms with E-state index in [-0.39, 0.29) is 0 Å². The molecule has 0 amide bonds. The first-order valence-corrected chi connectivity index (χ1v) is 13.0. The quantitative estimate of drug-likeness (QED) is 0.194. The van der Waals surface area contributed by atoms with E-state index in [4.69, 9.17) is 20.1 Å². The van der Waals surface area contributed by atoms with Gasteiger partial charge in [-0.05, 0) is 57.4 Å². The maximum Gasteiger partial charge on any atom is 0.157 e. The molecule has 4 nitrogen and oxygen atoms in total. The molecule has 0 aliphatic heterocycles. The van der Waals surface area contributed by atoms with Crippen molar-refractivity contribution in [3.8, 4) is 0 Å². The highest BCUT2D eigenvalue weighted by atomic mass is 16.3. The van der Waals surface area contributed by atoms with Gasteiger partial charge in [0.25, 0.3) is 0 Å². The summed E-state index contributed by atoms with van der Waals surface area (Å²) in [4.78, 5) is 9.81. The molecule has 1 heterocycles. The van der Waals surface area contributed by atoms with Crippen LogP contribution in [0.15, 0.2) is 142 Å². The normalized spacial score (nSPS) is 12.6. The molecule has 0 aliphatic rings. The van der Waals surface area contributed by atoms with E-state index in [0.29, 0.717) is 18.2 Å². The predicted octanol–water partition coefficient (Wildman–Crippen LogP) is 8.24. The molecule has 7 aromatic rings. The Morgan fingerprint density at radius 3 is 2.15 bits per heavy atom. The van der Waals surface area contributed by atoms with E-state index in [9.17, 15) is 0 Å². The first-order chi connectivity index (χ1) is 19.2. The monoisotopic (exact) mass is 503 g/mol. The lowest BCUT2D eigenvalue weighted by Gasteiger charge is -2.08. The molecule has 186 valence electrons. The number of aliphatic imine (C=N–C) groups is 2. The lowest BCUT2D eigenvalue weighted by atomic mass is 10.0. The predicted molar refractivity (Wildman–Crippen MR) is 163 cm³/mol. The van der Waals surface area contributed by atoms with E-state index < -0.39 is 0 Å². The van der Waals surface area contributed by atoms with Gasteiger partial charge in [-0.25, -0.2) is 4.99 Å². The van der Waals surface area contributed by atoms with Crippen molar-refractivity contribution in [3.05, 3.63) is 144 Å². The largest absolute Gasteiger partial charge is 0.456 e. The highest BCUT2D eigenvalue weighted by Crippen LogP contribution is 2.32. The minimum atomic E-state index is 0.434. The zero-order valence-electron chi connectivity index (χ0n) is 21.2. The Hall–Kier alpha value is -5.22. The zero-order chi connectivity index (χ0) is 26.2. The van der Waals surface area contributed by atoms with Crippen molar-refractivity contribution in [3.63, 3.8) is 0 Å². The van der Waals surface area contributed by atoms with E-state index in [0.717, 1.165) is 54.8 Å². The van der Waals surface area contributed by atoms with Crippen LogP contribution in [0, 0.1) is 0 Å². The Balaban J connectivity index is 1.34. The third kappa shape index (κ3) is 4.42. The molecule has 0 spiro atoms. The number of fused-ring (bicyclic) bond motifs is 5. The Bertz CT molecular complexity index is 2050. The van der Waals surface area contributed by atoms with Gasteiger partial charge >= 0.3 is 0 Å². The van der Waals surface area contributed by atoms with E-state index in [2.05, 4.69) is 72.8 Å². The number of furan rings is 1. The lowest BCUT2D eigenvalue weighted by Crippen LogP contribution is -2.16. The maximum atomic E-state index is 6.59. The summed E-state index contributed by atoms with van der Waals surface area (Å²) in [5.74, 6) is 1.03. The number of para-hydroxylation sites is 1. The van der Waals surface area contributed by atoms with Crippen LogP contribution >= 0.6 is 0 Å². The minimum Gasteiger partial charge on any atom is -0.456 e. The summed E-state index contributed by atoms with van der Waals surface area (Å²) in [6.07, 6.45) is 0. The number of benzene rings is 6. The van der Waals surface area contributed by atoms with Gasteiger partial charge in [-0.3, -0.25) is 4.99 Å². The van der Waals surface area contributed by atoms with Crippen LogP contribution in [0.4, 0.5) is 0 Å². The van der Waals surface area contributed by atoms with Crippen LogP contribution in [0.2, 0.25) is 0 Å². The standard InChI is InChI=1S/C35H25N3O/c36-34(27-16-14-24-10-4-5-11-25(24)18-27)38-35(37-22-23-8-2-1-3-9-23)28-17-15-26-21-33-31(20-29(26)19-28)30-12-6-7-13-32(30)39-33/h1-21H,22H2,(H2,36,37,38). The van der Waals surface area contributed by atoms with E-state index in [1.165, 1.54) is 5.39 Å².